The highest BCUT2D eigenvalue weighted by atomic mass is 14.9. The molecule has 4 heterocycles. The van der Waals surface area contributed by atoms with Crippen molar-refractivity contribution in [3.05, 3.63) is 166 Å². The summed E-state index contributed by atoms with van der Waals surface area (Å²) >= 11 is 0. The van der Waals surface area contributed by atoms with Crippen molar-refractivity contribution >= 4 is 55.8 Å². The van der Waals surface area contributed by atoms with Crippen molar-refractivity contribution in [1.82, 2.24) is 15.0 Å². The van der Waals surface area contributed by atoms with Gasteiger partial charge in [-0.15, -0.1) is 12.3 Å². The third-order valence-corrected chi connectivity index (χ3v) is 10.7. The van der Waals surface area contributed by atoms with Gasteiger partial charge in [0.15, 0.2) is 0 Å². The molecular weight excluding hydrogens is 671 g/mol. The highest BCUT2D eigenvalue weighted by Gasteiger charge is 2.18. The molecule has 0 amide bonds. The number of hydrogen-bond acceptors (Lipinski definition) is 5. The summed E-state index contributed by atoms with van der Waals surface area (Å²) in [5.41, 5.74) is 15.8. The molecule has 5 nitrogen and oxygen atoms in total. The number of nitrogens with one attached hydrogen (secondary N) is 1. The fourth-order valence-electron chi connectivity index (χ4n) is 7.94. The van der Waals surface area contributed by atoms with Gasteiger partial charge in [0.25, 0.3) is 0 Å². The minimum atomic E-state index is 0.769. The van der Waals surface area contributed by atoms with Crippen molar-refractivity contribution in [2.24, 2.45) is 4.99 Å². The molecule has 1 aliphatic heterocycles. The SMILES string of the molecule is C#CC.C=CC1=C(Cc2ccc3cc(-c4ccc5nc(C6=c7ccccc7=C(c7ccc8ccc(C)c(NC)c8n7)CC6)ccc5c4)ccc3n2)C=NCC1. The molecule has 3 aromatic heterocycles. The summed E-state index contributed by atoms with van der Waals surface area (Å²) in [6.07, 6.45) is 12.1. The van der Waals surface area contributed by atoms with Crippen LogP contribution in [0, 0.1) is 19.3 Å². The Hall–Kier alpha value is -6.64. The molecule has 0 unspecified atom stereocenters. The second-order valence-electron chi connectivity index (χ2n) is 14.1. The number of fused-ring (bicyclic) bond motifs is 4. The molecule has 0 bridgehead atoms. The van der Waals surface area contributed by atoms with Gasteiger partial charge in [-0.25, -0.2) is 9.97 Å². The first kappa shape index (κ1) is 35.4. The molecule has 0 saturated carbocycles. The van der Waals surface area contributed by atoms with Gasteiger partial charge >= 0.3 is 0 Å². The molecule has 5 heteroatoms. The Morgan fingerprint density at radius 2 is 1.33 bits per heavy atom. The predicted octanol–water partition coefficient (Wildman–Crippen LogP) is 9.68. The average molecular weight is 714 g/mol. The number of nitrogens with zero attached hydrogens (tertiary/aromatic N) is 4. The number of terminal acetylenes is 1. The summed E-state index contributed by atoms with van der Waals surface area (Å²) in [6, 6.07) is 39.3. The van der Waals surface area contributed by atoms with Crippen LogP contribution in [-0.2, 0) is 6.42 Å². The van der Waals surface area contributed by atoms with Gasteiger partial charge in [0, 0.05) is 48.1 Å². The van der Waals surface area contributed by atoms with Crippen LogP contribution in [0.5, 0.6) is 0 Å². The Morgan fingerprint density at radius 1 is 0.727 bits per heavy atom. The van der Waals surface area contributed by atoms with Crippen LogP contribution in [0.1, 0.15) is 48.8 Å². The topological polar surface area (TPSA) is 63.1 Å². The lowest BCUT2D eigenvalue weighted by atomic mass is 9.89. The van der Waals surface area contributed by atoms with Gasteiger partial charge in [-0.05, 0) is 125 Å². The number of benzene rings is 4. The molecule has 1 N–H and O–H groups in total. The Morgan fingerprint density at radius 3 is 1.98 bits per heavy atom. The summed E-state index contributed by atoms with van der Waals surface area (Å²) in [6.45, 7) is 8.61. The van der Waals surface area contributed by atoms with Crippen molar-refractivity contribution in [2.45, 2.75) is 39.5 Å². The van der Waals surface area contributed by atoms with Crippen LogP contribution < -0.4 is 15.8 Å². The molecule has 4 aromatic carbocycles. The van der Waals surface area contributed by atoms with Crippen LogP contribution in [-0.4, -0.2) is 34.8 Å². The molecule has 0 spiro atoms. The van der Waals surface area contributed by atoms with E-state index in [0.29, 0.717) is 0 Å². The second kappa shape index (κ2) is 15.4. The highest BCUT2D eigenvalue weighted by Crippen LogP contribution is 2.32. The number of pyridine rings is 3. The number of rotatable bonds is 7. The molecular formula is C50H43N5. The lowest BCUT2D eigenvalue weighted by molar-refractivity contribution is 0.932. The lowest BCUT2D eigenvalue weighted by Crippen LogP contribution is -2.33. The molecule has 9 rings (SSSR count). The number of aryl methyl sites for hydroxylation is 1. The van der Waals surface area contributed by atoms with Gasteiger partial charge < -0.3 is 5.32 Å². The van der Waals surface area contributed by atoms with E-state index >= 15 is 0 Å². The van der Waals surface area contributed by atoms with Gasteiger partial charge in [-0.2, -0.15) is 0 Å². The van der Waals surface area contributed by atoms with E-state index in [-0.39, 0.29) is 0 Å². The molecule has 2 aliphatic rings. The maximum absolute atomic E-state index is 5.22. The minimum absolute atomic E-state index is 0.769. The van der Waals surface area contributed by atoms with Crippen LogP contribution >= 0.6 is 0 Å². The lowest BCUT2D eigenvalue weighted by Gasteiger charge is -2.18. The van der Waals surface area contributed by atoms with Crippen LogP contribution in [0.25, 0.3) is 55.0 Å². The van der Waals surface area contributed by atoms with Gasteiger partial charge in [0.05, 0.1) is 33.6 Å². The number of dihydropyridines is 1. The number of aliphatic imine (C=N–C) groups is 1. The van der Waals surface area contributed by atoms with Gasteiger partial charge in [0.1, 0.15) is 0 Å². The maximum atomic E-state index is 5.22. The zero-order valence-electron chi connectivity index (χ0n) is 31.7. The van der Waals surface area contributed by atoms with Crippen LogP contribution in [0.3, 0.4) is 0 Å². The standard InChI is InChI=1S/C47H39N5.C3H4/c1-4-30-23-24-49-28-36(30)27-37-16-11-34-25-32(13-19-42(34)50-37)33-14-20-43-35(26-33)15-22-44(51-43)40-17-18-41(39-8-6-5-7-38(39)40)45-21-12-31-10-9-29(2)46(48-3)47(31)52-45;1-3-2/h4-16,19-22,25-26,28,48H,1,17-18,23-24,27H2,2-3H3;1H,2H3. The summed E-state index contributed by atoms with van der Waals surface area (Å²) in [4.78, 5) is 19.9. The zero-order chi connectivity index (χ0) is 37.9. The molecule has 1 aliphatic carbocycles. The van der Waals surface area contributed by atoms with Gasteiger partial charge in [0.2, 0.25) is 0 Å². The molecule has 0 saturated heterocycles. The first-order valence-corrected chi connectivity index (χ1v) is 18.9. The van der Waals surface area contributed by atoms with E-state index in [0.717, 1.165) is 87.7 Å². The van der Waals surface area contributed by atoms with E-state index in [1.807, 2.05) is 19.3 Å². The third kappa shape index (κ3) is 6.96. The van der Waals surface area contributed by atoms with E-state index < -0.39 is 0 Å². The fourth-order valence-corrected chi connectivity index (χ4v) is 7.94. The quantitative estimate of drug-likeness (QED) is 0.167. The zero-order valence-corrected chi connectivity index (χ0v) is 31.7. The molecule has 268 valence electrons. The summed E-state index contributed by atoms with van der Waals surface area (Å²) in [5.74, 6) is 2.25. The normalized spacial score (nSPS) is 13.7. The Kier molecular flexibility index (Phi) is 9.90. The Balaban J connectivity index is 0.00000138. The van der Waals surface area contributed by atoms with Crippen molar-refractivity contribution in [2.75, 3.05) is 18.9 Å². The van der Waals surface area contributed by atoms with E-state index in [9.17, 15) is 0 Å². The first-order valence-electron chi connectivity index (χ1n) is 18.9. The Labute approximate surface area is 322 Å². The summed E-state index contributed by atoms with van der Waals surface area (Å²) in [7, 11) is 1.97. The van der Waals surface area contributed by atoms with Crippen LogP contribution in [0.2, 0.25) is 0 Å². The number of hydrogen-bond donors (Lipinski definition) is 1. The highest BCUT2D eigenvalue weighted by molar-refractivity contribution is 5.94. The maximum Gasteiger partial charge on any atom is 0.0943 e. The number of anilines is 1. The van der Waals surface area contributed by atoms with Crippen LogP contribution in [0.4, 0.5) is 5.69 Å². The second-order valence-corrected chi connectivity index (χ2v) is 14.1. The summed E-state index contributed by atoms with van der Waals surface area (Å²) in [5, 5.41) is 9.26. The molecule has 7 aromatic rings. The van der Waals surface area contributed by atoms with Crippen molar-refractivity contribution in [3.63, 3.8) is 0 Å². The summed E-state index contributed by atoms with van der Waals surface area (Å²) < 4.78 is 0. The van der Waals surface area contributed by atoms with E-state index in [4.69, 9.17) is 15.0 Å². The van der Waals surface area contributed by atoms with E-state index in [1.165, 1.54) is 49.4 Å². The van der Waals surface area contributed by atoms with Gasteiger partial charge in [-0.1, -0.05) is 79.4 Å². The fraction of sp³-hybridized carbons (Fsp3) is 0.160. The molecule has 0 fully saturated rings. The number of aromatic nitrogens is 3. The Bertz CT molecular complexity index is 2890. The monoisotopic (exact) mass is 713 g/mol. The first-order chi connectivity index (χ1) is 27.0. The van der Waals surface area contributed by atoms with Crippen LogP contribution in [0.15, 0.2) is 138 Å². The third-order valence-electron chi connectivity index (χ3n) is 10.7. The smallest absolute Gasteiger partial charge is 0.0943 e. The minimum Gasteiger partial charge on any atom is -0.386 e. The molecule has 55 heavy (non-hydrogen) atoms. The molecule has 0 atom stereocenters. The van der Waals surface area contributed by atoms with Crippen molar-refractivity contribution in [1.29, 1.82) is 0 Å². The van der Waals surface area contributed by atoms with Gasteiger partial charge in [-0.3, -0.25) is 9.98 Å². The molecule has 0 radical (unpaired) electrons. The van der Waals surface area contributed by atoms with E-state index in [1.54, 1.807) is 6.92 Å². The van der Waals surface area contributed by atoms with Crippen molar-refractivity contribution in [3.8, 4) is 23.5 Å². The average Bonchev–Trinajstić information content (AvgIpc) is 3.23. The predicted molar refractivity (Wildman–Crippen MR) is 232 cm³/mol. The van der Waals surface area contributed by atoms with E-state index in [2.05, 4.69) is 145 Å². The van der Waals surface area contributed by atoms with Crippen molar-refractivity contribution < 1.29 is 0 Å². The number of allylic oxidation sites excluding steroid dienone is 2. The largest absolute Gasteiger partial charge is 0.386 e.